The van der Waals surface area contributed by atoms with E-state index in [0.717, 1.165) is 4.68 Å². The molecule has 172 valence electrons. The van der Waals surface area contributed by atoms with Crippen LogP contribution in [-0.4, -0.2) is 90.0 Å². The van der Waals surface area contributed by atoms with Crippen molar-refractivity contribution in [2.24, 2.45) is 0 Å². The van der Waals surface area contributed by atoms with Gasteiger partial charge in [-0.05, 0) is 11.6 Å². The summed E-state index contributed by atoms with van der Waals surface area (Å²) in [6.07, 6.45) is -5.18. The molecule has 0 unspecified atom stereocenters. The third kappa shape index (κ3) is 4.66. The molecule has 31 heavy (non-hydrogen) atoms. The number of halogens is 3. The van der Waals surface area contributed by atoms with Crippen molar-refractivity contribution in [1.29, 1.82) is 0 Å². The molecular formula is C15H19ClF2N5O7P. The van der Waals surface area contributed by atoms with Gasteiger partial charge in [-0.15, -0.1) is 0 Å². The van der Waals surface area contributed by atoms with Crippen molar-refractivity contribution in [3.05, 3.63) is 11.5 Å². The molecule has 4 heterocycles. The molecule has 0 aromatic carbocycles. The Hall–Kier alpha value is -1.51. The van der Waals surface area contributed by atoms with Crippen molar-refractivity contribution in [1.82, 2.24) is 19.7 Å². The zero-order chi connectivity index (χ0) is 22.6. The van der Waals surface area contributed by atoms with Crippen molar-refractivity contribution in [3.8, 4) is 0 Å². The number of rotatable bonds is 6. The number of anilines is 1. The first-order valence-corrected chi connectivity index (χ1v) is 11.3. The Kier molecular flexibility index (Phi) is 5.94. The molecule has 4 atom stereocenters. The molecule has 0 amide bonds. The van der Waals surface area contributed by atoms with E-state index in [4.69, 9.17) is 30.9 Å². The SMILES string of the molecule is O=P(O)(O)COC[C@H]1O[C@@H](n2ncc3c(N4CCC(F)(F)C4)nc(Cl)nc32)[C@H](O)[C@@H]1O. The average molecular weight is 486 g/mol. The summed E-state index contributed by atoms with van der Waals surface area (Å²) in [5, 5.41) is 24.8. The standard InChI is InChI=1S/C15H19ClF2N5O7P/c16-14-20-11(22-2-1-15(17,18)5-22)7-3-19-23(12(7)21-14)13-10(25)9(24)8(30-13)4-29-6-31(26,27)28/h3,8-10,13,24-25H,1-2,4-6H2,(H2,26,27,28)/t8-,9-,10-,13-/m1/s1. The van der Waals surface area contributed by atoms with Crippen molar-refractivity contribution in [3.63, 3.8) is 0 Å². The van der Waals surface area contributed by atoms with Gasteiger partial charge in [-0.2, -0.15) is 15.1 Å². The summed E-state index contributed by atoms with van der Waals surface area (Å²) in [7, 11) is -4.41. The zero-order valence-electron chi connectivity index (χ0n) is 15.8. The van der Waals surface area contributed by atoms with Crippen molar-refractivity contribution in [2.45, 2.75) is 36.9 Å². The van der Waals surface area contributed by atoms with Crippen LogP contribution in [0.1, 0.15) is 12.6 Å². The second-order valence-electron chi connectivity index (χ2n) is 7.38. The number of hydrogen-bond donors (Lipinski definition) is 4. The quantitative estimate of drug-likeness (QED) is 0.324. The molecule has 2 aromatic heterocycles. The lowest BCUT2D eigenvalue weighted by molar-refractivity contribution is -0.0658. The number of alkyl halides is 2. The molecule has 2 saturated heterocycles. The van der Waals surface area contributed by atoms with Gasteiger partial charge in [0, 0.05) is 13.0 Å². The minimum atomic E-state index is -4.41. The number of aliphatic hydroxyl groups is 2. The summed E-state index contributed by atoms with van der Waals surface area (Å²) >= 11 is 5.99. The highest BCUT2D eigenvalue weighted by atomic mass is 35.5. The van der Waals surface area contributed by atoms with Gasteiger partial charge in [0.2, 0.25) is 5.28 Å². The molecule has 2 fully saturated rings. The van der Waals surface area contributed by atoms with E-state index in [1.807, 2.05) is 0 Å². The maximum atomic E-state index is 13.7. The normalized spacial score (nSPS) is 28.7. The van der Waals surface area contributed by atoms with Crippen LogP contribution in [0.25, 0.3) is 11.0 Å². The first-order valence-electron chi connectivity index (χ1n) is 9.13. The lowest BCUT2D eigenvalue weighted by atomic mass is 10.1. The van der Waals surface area contributed by atoms with Crippen LogP contribution in [0.2, 0.25) is 5.28 Å². The van der Waals surface area contributed by atoms with Gasteiger partial charge in [0.15, 0.2) is 11.9 Å². The molecule has 2 aliphatic heterocycles. The van der Waals surface area contributed by atoms with Crippen LogP contribution in [0.4, 0.5) is 14.6 Å². The molecule has 0 spiro atoms. The second-order valence-corrected chi connectivity index (χ2v) is 9.31. The predicted octanol–water partition coefficient (Wildman–Crippen LogP) is 0.0961. The van der Waals surface area contributed by atoms with E-state index in [9.17, 15) is 23.6 Å². The molecule has 2 aromatic rings. The minimum Gasteiger partial charge on any atom is -0.387 e. The van der Waals surface area contributed by atoms with Crippen LogP contribution in [0.3, 0.4) is 0 Å². The summed E-state index contributed by atoms with van der Waals surface area (Å²) < 4.78 is 49.8. The van der Waals surface area contributed by atoms with E-state index in [0.29, 0.717) is 5.39 Å². The lowest BCUT2D eigenvalue weighted by Gasteiger charge is -2.19. The van der Waals surface area contributed by atoms with Gasteiger partial charge in [-0.1, -0.05) is 0 Å². The van der Waals surface area contributed by atoms with E-state index in [2.05, 4.69) is 15.1 Å². The fourth-order valence-corrected chi connectivity index (χ4v) is 4.09. The summed E-state index contributed by atoms with van der Waals surface area (Å²) in [5.41, 5.74) is 0.0956. The van der Waals surface area contributed by atoms with Crippen LogP contribution < -0.4 is 4.90 Å². The highest BCUT2D eigenvalue weighted by Crippen LogP contribution is 2.37. The van der Waals surface area contributed by atoms with Crippen LogP contribution in [0, 0.1) is 0 Å². The summed E-state index contributed by atoms with van der Waals surface area (Å²) in [6.45, 7) is -0.884. The molecule has 4 rings (SSSR count). The number of aromatic nitrogens is 4. The summed E-state index contributed by atoms with van der Waals surface area (Å²) in [6, 6.07) is 0. The molecule has 12 nitrogen and oxygen atoms in total. The summed E-state index contributed by atoms with van der Waals surface area (Å²) in [5.74, 6) is -2.71. The molecule has 2 aliphatic rings. The van der Waals surface area contributed by atoms with Crippen LogP contribution in [0.15, 0.2) is 6.20 Å². The third-order valence-electron chi connectivity index (χ3n) is 5.00. The number of ether oxygens (including phenoxy) is 2. The topological polar surface area (TPSA) is 163 Å². The maximum Gasteiger partial charge on any atom is 0.350 e. The summed E-state index contributed by atoms with van der Waals surface area (Å²) in [4.78, 5) is 27.2. The van der Waals surface area contributed by atoms with Crippen molar-refractivity contribution >= 4 is 36.0 Å². The first kappa shape index (κ1) is 22.7. The van der Waals surface area contributed by atoms with E-state index < -0.39 is 57.6 Å². The minimum absolute atomic E-state index is 0.0564. The Morgan fingerprint density at radius 1 is 1.32 bits per heavy atom. The average Bonchev–Trinajstić information content (AvgIpc) is 3.31. The van der Waals surface area contributed by atoms with Crippen molar-refractivity contribution in [2.75, 3.05) is 30.9 Å². The van der Waals surface area contributed by atoms with Gasteiger partial charge in [0.1, 0.15) is 30.5 Å². The van der Waals surface area contributed by atoms with E-state index >= 15 is 0 Å². The van der Waals surface area contributed by atoms with Gasteiger partial charge in [-0.3, -0.25) is 4.57 Å². The Morgan fingerprint density at radius 2 is 2.06 bits per heavy atom. The van der Waals surface area contributed by atoms with Gasteiger partial charge in [0.25, 0.3) is 5.92 Å². The first-order chi connectivity index (χ1) is 14.5. The lowest BCUT2D eigenvalue weighted by Crippen LogP contribution is -2.34. The van der Waals surface area contributed by atoms with Crippen molar-refractivity contribution < 1.29 is 42.8 Å². The van der Waals surface area contributed by atoms with Gasteiger partial charge in [-0.25, -0.2) is 13.5 Å². The van der Waals surface area contributed by atoms with Gasteiger partial charge < -0.3 is 34.4 Å². The second kappa shape index (κ2) is 8.12. The molecule has 16 heteroatoms. The highest BCUT2D eigenvalue weighted by Gasteiger charge is 2.45. The number of nitrogens with zero attached hydrogens (tertiary/aromatic N) is 5. The third-order valence-corrected chi connectivity index (χ3v) is 5.68. The Bertz CT molecular complexity index is 1020. The zero-order valence-corrected chi connectivity index (χ0v) is 17.4. The molecule has 0 saturated carbocycles. The van der Waals surface area contributed by atoms with Crippen LogP contribution in [-0.2, 0) is 14.0 Å². The largest absolute Gasteiger partial charge is 0.387 e. The van der Waals surface area contributed by atoms with E-state index in [-0.39, 0.29) is 29.7 Å². The Labute approximate surface area is 178 Å². The van der Waals surface area contributed by atoms with E-state index in [1.165, 1.54) is 11.1 Å². The Morgan fingerprint density at radius 3 is 2.71 bits per heavy atom. The van der Waals surface area contributed by atoms with Crippen LogP contribution in [0.5, 0.6) is 0 Å². The molecule has 0 aliphatic carbocycles. The molecule has 0 bridgehead atoms. The van der Waals surface area contributed by atoms with Gasteiger partial charge >= 0.3 is 7.60 Å². The molecule has 0 radical (unpaired) electrons. The molecular weight excluding hydrogens is 467 g/mol. The smallest absolute Gasteiger partial charge is 0.350 e. The molecule has 4 N–H and O–H groups in total. The van der Waals surface area contributed by atoms with E-state index in [1.54, 1.807) is 0 Å². The fourth-order valence-electron chi connectivity index (χ4n) is 3.59. The fraction of sp³-hybridized carbons (Fsp3) is 0.667. The number of hydrogen-bond acceptors (Lipinski definition) is 9. The van der Waals surface area contributed by atoms with Crippen LogP contribution >= 0.6 is 19.2 Å². The Balaban J connectivity index is 1.59. The number of fused-ring (bicyclic) bond motifs is 1. The maximum absolute atomic E-state index is 13.7. The number of aliphatic hydroxyl groups excluding tert-OH is 2. The van der Waals surface area contributed by atoms with Gasteiger partial charge in [0.05, 0.1) is 24.7 Å². The predicted molar refractivity (Wildman–Crippen MR) is 101 cm³/mol. The monoisotopic (exact) mass is 485 g/mol. The highest BCUT2D eigenvalue weighted by molar-refractivity contribution is 7.51.